The molecule has 0 aromatic heterocycles. The van der Waals surface area contributed by atoms with E-state index in [2.05, 4.69) is 61.0 Å². The van der Waals surface area contributed by atoms with Gasteiger partial charge < -0.3 is 0 Å². The molecule has 0 heterocycles. The van der Waals surface area contributed by atoms with Gasteiger partial charge in [-0.05, 0) is 55.9 Å². The van der Waals surface area contributed by atoms with E-state index in [-0.39, 0.29) is 0 Å². The number of halogens is 1. The first-order valence-electron chi connectivity index (χ1n) is 5.45. The van der Waals surface area contributed by atoms with Crippen LogP contribution >= 0.6 is 15.9 Å². The fraction of sp³-hybridized carbons (Fsp3) is 0.429. The van der Waals surface area contributed by atoms with Crippen LogP contribution in [0.4, 0.5) is 0 Å². The normalized spacial score (nSPS) is 11.2. The van der Waals surface area contributed by atoms with Gasteiger partial charge in [-0.3, -0.25) is 0 Å². The van der Waals surface area contributed by atoms with Crippen LogP contribution in [0.15, 0.2) is 18.2 Å². The first kappa shape index (κ1) is 12.5. The predicted molar refractivity (Wildman–Crippen MR) is 72.7 cm³/mol. The van der Waals surface area contributed by atoms with E-state index in [0.29, 0.717) is 0 Å². The Labute approximate surface area is 102 Å². The molecular formula is C14H19Br. The summed E-state index contributed by atoms with van der Waals surface area (Å²) < 4.78 is 0. The molecule has 0 saturated carbocycles. The highest BCUT2D eigenvalue weighted by Crippen LogP contribution is 2.16. The first-order chi connectivity index (χ1) is 7.15. The van der Waals surface area contributed by atoms with Gasteiger partial charge in [0.05, 0.1) is 0 Å². The number of benzene rings is 1. The van der Waals surface area contributed by atoms with Crippen molar-refractivity contribution in [2.24, 2.45) is 0 Å². The van der Waals surface area contributed by atoms with Gasteiger partial charge in [-0.15, -0.1) is 0 Å². The number of hydrogen-bond acceptors (Lipinski definition) is 0. The van der Waals surface area contributed by atoms with Crippen LogP contribution in [0.25, 0.3) is 6.08 Å². The molecule has 0 radical (unpaired) electrons. The summed E-state index contributed by atoms with van der Waals surface area (Å²) in [5.41, 5.74) is 5.48. The Kier molecular flexibility index (Phi) is 5.10. The fourth-order valence-corrected chi connectivity index (χ4v) is 1.89. The van der Waals surface area contributed by atoms with Gasteiger partial charge in [-0.25, -0.2) is 0 Å². The lowest BCUT2D eigenvalue weighted by Gasteiger charge is -2.05. The molecular weight excluding hydrogens is 248 g/mol. The molecule has 0 bridgehead atoms. The molecule has 0 aliphatic carbocycles. The molecule has 0 nitrogen and oxygen atoms in total. The molecule has 0 unspecified atom stereocenters. The van der Waals surface area contributed by atoms with E-state index in [9.17, 15) is 0 Å². The van der Waals surface area contributed by atoms with E-state index < -0.39 is 0 Å². The number of aryl methyl sites for hydroxylation is 3. The molecule has 0 N–H and O–H groups in total. The van der Waals surface area contributed by atoms with Crippen molar-refractivity contribution in [1.82, 2.24) is 0 Å². The highest BCUT2D eigenvalue weighted by atomic mass is 79.9. The zero-order valence-electron chi connectivity index (χ0n) is 9.81. The molecule has 1 rings (SSSR count). The van der Waals surface area contributed by atoms with Crippen LogP contribution in [-0.4, -0.2) is 5.33 Å². The second kappa shape index (κ2) is 6.12. The Bertz CT molecular complexity index is 351. The van der Waals surface area contributed by atoms with Crippen LogP contribution < -0.4 is 0 Å². The van der Waals surface area contributed by atoms with Gasteiger partial charge in [0.2, 0.25) is 0 Å². The Balaban J connectivity index is 2.77. The van der Waals surface area contributed by atoms with Crippen LogP contribution in [-0.2, 0) is 0 Å². The zero-order valence-corrected chi connectivity index (χ0v) is 11.4. The Hall–Kier alpha value is -0.560. The highest BCUT2D eigenvalue weighted by molar-refractivity contribution is 9.09. The summed E-state index contributed by atoms with van der Waals surface area (Å²) in [5, 5.41) is 1.09. The number of allylic oxidation sites excluding steroid dienone is 1. The van der Waals surface area contributed by atoms with Crippen molar-refractivity contribution < 1.29 is 0 Å². The molecule has 15 heavy (non-hydrogen) atoms. The molecule has 0 aliphatic rings. The van der Waals surface area contributed by atoms with Crippen LogP contribution in [0.1, 0.15) is 35.1 Å². The van der Waals surface area contributed by atoms with Crippen molar-refractivity contribution >= 4 is 22.0 Å². The summed E-state index contributed by atoms with van der Waals surface area (Å²) in [6, 6.07) is 4.54. The molecule has 1 heteroatoms. The van der Waals surface area contributed by atoms with Crippen molar-refractivity contribution in [1.29, 1.82) is 0 Å². The molecule has 0 amide bonds. The second-order valence-electron chi connectivity index (χ2n) is 4.03. The minimum atomic E-state index is 1.09. The van der Waals surface area contributed by atoms with Crippen LogP contribution in [0, 0.1) is 20.8 Å². The number of unbranched alkanes of at least 4 members (excludes halogenated alkanes) is 1. The molecule has 82 valence electrons. The fourth-order valence-electron chi connectivity index (χ4n) is 1.57. The summed E-state index contributed by atoms with van der Waals surface area (Å²) >= 11 is 3.44. The van der Waals surface area contributed by atoms with E-state index in [1.807, 2.05) is 0 Å². The lowest BCUT2D eigenvalue weighted by Crippen LogP contribution is -1.87. The van der Waals surface area contributed by atoms with E-state index >= 15 is 0 Å². The maximum Gasteiger partial charge on any atom is 0.00342 e. The van der Waals surface area contributed by atoms with Crippen LogP contribution in [0.3, 0.4) is 0 Å². The van der Waals surface area contributed by atoms with E-state index in [4.69, 9.17) is 0 Å². The third kappa shape index (κ3) is 3.83. The molecule has 0 atom stereocenters. The van der Waals surface area contributed by atoms with E-state index in [0.717, 1.165) is 11.8 Å². The standard InChI is InChI=1S/C14H19Br/c1-11-9-13(3)14(10-12(11)2)7-5-4-6-8-15/h5,7,9-10H,4,6,8H2,1-3H3/b7-5+. The Morgan fingerprint density at radius 2 is 1.73 bits per heavy atom. The lowest BCUT2D eigenvalue weighted by molar-refractivity contribution is 0.983. The molecule has 0 spiro atoms. The van der Waals surface area contributed by atoms with Gasteiger partial charge in [0.25, 0.3) is 0 Å². The second-order valence-corrected chi connectivity index (χ2v) is 4.82. The third-order valence-electron chi connectivity index (χ3n) is 2.68. The summed E-state index contributed by atoms with van der Waals surface area (Å²) in [7, 11) is 0. The minimum Gasteiger partial charge on any atom is -0.0928 e. The molecule has 0 saturated heterocycles. The zero-order chi connectivity index (χ0) is 11.3. The molecule has 0 aliphatic heterocycles. The average Bonchev–Trinajstić information content (AvgIpc) is 2.20. The number of rotatable bonds is 4. The van der Waals surface area contributed by atoms with Crippen molar-refractivity contribution in [3.05, 3.63) is 40.5 Å². The Morgan fingerprint density at radius 1 is 1.07 bits per heavy atom. The van der Waals surface area contributed by atoms with Gasteiger partial charge in [-0.1, -0.05) is 40.2 Å². The van der Waals surface area contributed by atoms with Crippen LogP contribution in [0.5, 0.6) is 0 Å². The summed E-state index contributed by atoms with van der Waals surface area (Å²) in [5.74, 6) is 0. The summed E-state index contributed by atoms with van der Waals surface area (Å²) in [6.07, 6.45) is 6.86. The lowest BCUT2D eigenvalue weighted by atomic mass is 10.0. The first-order valence-corrected chi connectivity index (χ1v) is 6.57. The van der Waals surface area contributed by atoms with Crippen molar-refractivity contribution in [3.8, 4) is 0 Å². The smallest absolute Gasteiger partial charge is 0.00342 e. The quantitative estimate of drug-likeness (QED) is 0.543. The van der Waals surface area contributed by atoms with Crippen molar-refractivity contribution in [2.75, 3.05) is 5.33 Å². The van der Waals surface area contributed by atoms with Gasteiger partial charge in [0.1, 0.15) is 0 Å². The molecule has 1 aromatic rings. The van der Waals surface area contributed by atoms with Crippen molar-refractivity contribution in [2.45, 2.75) is 33.6 Å². The third-order valence-corrected chi connectivity index (χ3v) is 3.24. The van der Waals surface area contributed by atoms with E-state index in [1.165, 1.54) is 28.7 Å². The monoisotopic (exact) mass is 266 g/mol. The van der Waals surface area contributed by atoms with Crippen molar-refractivity contribution in [3.63, 3.8) is 0 Å². The maximum atomic E-state index is 3.44. The topological polar surface area (TPSA) is 0 Å². The SMILES string of the molecule is Cc1cc(C)c(/C=C/CCCBr)cc1C. The maximum absolute atomic E-state index is 3.44. The predicted octanol–water partition coefficient (Wildman–Crippen LogP) is 4.80. The highest BCUT2D eigenvalue weighted by Gasteiger charge is 1.98. The molecule has 0 fully saturated rings. The van der Waals surface area contributed by atoms with E-state index in [1.54, 1.807) is 0 Å². The van der Waals surface area contributed by atoms with Gasteiger partial charge in [0.15, 0.2) is 0 Å². The minimum absolute atomic E-state index is 1.09. The van der Waals surface area contributed by atoms with Gasteiger partial charge >= 0.3 is 0 Å². The van der Waals surface area contributed by atoms with Crippen LogP contribution in [0.2, 0.25) is 0 Å². The van der Waals surface area contributed by atoms with Gasteiger partial charge in [0, 0.05) is 5.33 Å². The summed E-state index contributed by atoms with van der Waals surface area (Å²) in [4.78, 5) is 0. The molecule has 1 aromatic carbocycles. The average molecular weight is 267 g/mol. The number of hydrogen-bond donors (Lipinski definition) is 0. The largest absolute Gasteiger partial charge is 0.0928 e. The number of alkyl halides is 1. The Morgan fingerprint density at radius 3 is 2.40 bits per heavy atom. The van der Waals surface area contributed by atoms with Gasteiger partial charge in [-0.2, -0.15) is 0 Å². The summed E-state index contributed by atoms with van der Waals surface area (Å²) in [6.45, 7) is 6.52.